The summed E-state index contributed by atoms with van der Waals surface area (Å²) in [6.45, 7) is 6.29. The van der Waals surface area contributed by atoms with E-state index in [1.165, 1.54) is 6.07 Å². The number of benzene rings is 1. The number of hydrogen-bond acceptors (Lipinski definition) is 3. The maximum Gasteiger partial charge on any atom is 0.144 e. The molecule has 4 heteroatoms. The van der Waals surface area contributed by atoms with E-state index in [-0.39, 0.29) is 5.56 Å². The molecule has 0 aliphatic rings. The summed E-state index contributed by atoms with van der Waals surface area (Å²) in [5, 5.41) is 12.0. The Morgan fingerprint density at radius 2 is 2.29 bits per heavy atom. The van der Waals surface area contributed by atoms with Crippen molar-refractivity contribution in [3.8, 4) is 11.8 Å². The lowest BCUT2D eigenvalue weighted by molar-refractivity contribution is 0.255. The maximum atomic E-state index is 13.3. The van der Waals surface area contributed by atoms with Gasteiger partial charge in [0.1, 0.15) is 23.2 Å². The molecule has 1 aromatic rings. The molecule has 0 saturated heterocycles. The fraction of sp³-hybridized carbons (Fsp3) is 0.462. The predicted molar refractivity (Wildman–Crippen MR) is 64.3 cm³/mol. The van der Waals surface area contributed by atoms with Gasteiger partial charge in [0.05, 0.1) is 6.61 Å². The van der Waals surface area contributed by atoms with E-state index in [4.69, 9.17) is 10.00 Å². The molecular weight excluding hydrogens is 219 g/mol. The van der Waals surface area contributed by atoms with Gasteiger partial charge >= 0.3 is 0 Å². The number of rotatable bonds is 6. The number of nitrogens with zero attached hydrogens (tertiary/aromatic N) is 1. The molecule has 92 valence electrons. The second-order valence-electron chi connectivity index (χ2n) is 3.95. The van der Waals surface area contributed by atoms with Crippen molar-refractivity contribution >= 4 is 0 Å². The Bertz CT molecular complexity index is 401. The van der Waals surface area contributed by atoms with Crippen molar-refractivity contribution < 1.29 is 9.13 Å². The molecule has 0 aliphatic heterocycles. The molecule has 0 radical (unpaired) electrons. The summed E-state index contributed by atoms with van der Waals surface area (Å²) in [4.78, 5) is 0. The molecular formula is C13H17FN2O. The number of nitrogens with one attached hydrogen (secondary N) is 1. The summed E-state index contributed by atoms with van der Waals surface area (Å²) in [6.07, 6.45) is 0. The van der Waals surface area contributed by atoms with Gasteiger partial charge in [-0.15, -0.1) is 0 Å². The normalized spacial score (nSPS) is 11.9. The first-order valence-electron chi connectivity index (χ1n) is 5.71. The second kappa shape index (κ2) is 6.87. The van der Waals surface area contributed by atoms with E-state index in [0.717, 1.165) is 13.1 Å². The smallest absolute Gasteiger partial charge is 0.144 e. The second-order valence-corrected chi connectivity index (χ2v) is 3.95. The lowest BCUT2D eigenvalue weighted by atomic mass is 10.2. The van der Waals surface area contributed by atoms with Crippen LogP contribution in [0.4, 0.5) is 4.39 Å². The zero-order valence-electron chi connectivity index (χ0n) is 10.2. The average molecular weight is 236 g/mol. The van der Waals surface area contributed by atoms with E-state index < -0.39 is 5.82 Å². The molecule has 0 fully saturated rings. The van der Waals surface area contributed by atoms with E-state index in [1.54, 1.807) is 12.1 Å². The van der Waals surface area contributed by atoms with Crippen molar-refractivity contribution in [2.75, 3.05) is 19.7 Å². The first kappa shape index (κ1) is 13.5. The fourth-order valence-electron chi connectivity index (χ4n) is 1.41. The molecule has 0 amide bonds. The molecule has 0 heterocycles. The van der Waals surface area contributed by atoms with Crippen molar-refractivity contribution in [3.63, 3.8) is 0 Å². The van der Waals surface area contributed by atoms with Crippen LogP contribution in [0.1, 0.15) is 19.4 Å². The Morgan fingerprint density at radius 3 is 2.94 bits per heavy atom. The van der Waals surface area contributed by atoms with Crippen LogP contribution in [0, 0.1) is 23.1 Å². The summed E-state index contributed by atoms with van der Waals surface area (Å²) >= 11 is 0. The molecule has 0 saturated carbocycles. The fourth-order valence-corrected chi connectivity index (χ4v) is 1.41. The monoisotopic (exact) mass is 236 g/mol. The maximum absolute atomic E-state index is 13.3. The van der Waals surface area contributed by atoms with E-state index in [1.807, 2.05) is 19.9 Å². The van der Waals surface area contributed by atoms with E-state index in [0.29, 0.717) is 18.3 Å². The number of halogens is 1. The lowest BCUT2D eigenvalue weighted by Crippen LogP contribution is -2.24. The minimum atomic E-state index is -0.538. The Labute approximate surface area is 101 Å². The van der Waals surface area contributed by atoms with Crippen LogP contribution >= 0.6 is 0 Å². The van der Waals surface area contributed by atoms with Gasteiger partial charge in [-0.1, -0.05) is 19.9 Å². The quantitative estimate of drug-likeness (QED) is 0.824. The number of ether oxygens (including phenoxy) is 1. The number of hydrogen-bond donors (Lipinski definition) is 1. The van der Waals surface area contributed by atoms with Crippen LogP contribution in [0.25, 0.3) is 0 Å². The highest BCUT2D eigenvalue weighted by molar-refractivity contribution is 5.43. The van der Waals surface area contributed by atoms with Gasteiger partial charge in [0.2, 0.25) is 0 Å². The van der Waals surface area contributed by atoms with Gasteiger partial charge in [-0.3, -0.25) is 0 Å². The average Bonchev–Trinajstić information content (AvgIpc) is 2.33. The van der Waals surface area contributed by atoms with Crippen LogP contribution in [0.5, 0.6) is 5.75 Å². The van der Waals surface area contributed by atoms with Gasteiger partial charge in [0.25, 0.3) is 0 Å². The summed E-state index contributed by atoms with van der Waals surface area (Å²) in [7, 11) is 0. The molecule has 1 aromatic carbocycles. The zero-order chi connectivity index (χ0) is 12.7. The van der Waals surface area contributed by atoms with Gasteiger partial charge in [-0.2, -0.15) is 5.26 Å². The minimum Gasteiger partial charge on any atom is -0.492 e. The molecule has 0 bridgehead atoms. The summed E-state index contributed by atoms with van der Waals surface area (Å²) in [6, 6.07) is 6.23. The van der Waals surface area contributed by atoms with Crippen molar-refractivity contribution in [2.24, 2.45) is 5.92 Å². The van der Waals surface area contributed by atoms with Gasteiger partial charge in [0, 0.05) is 12.5 Å². The minimum absolute atomic E-state index is 0.0249. The Balaban J connectivity index is 2.58. The Kier molecular flexibility index (Phi) is 5.44. The number of nitriles is 1. The standard InChI is InChI=1S/C13H17FN2O/c1-3-16-8-10(2)9-17-13-6-4-5-12(14)11(13)7-15/h4-6,10,16H,3,8-9H2,1-2H3. The van der Waals surface area contributed by atoms with Crippen LogP contribution in [0.15, 0.2) is 18.2 Å². The van der Waals surface area contributed by atoms with Crippen molar-refractivity contribution in [1.29, 1.82) is 5.26 Å². The molecule has 0 aromatic heterocycles. The van der Waals surface area contributed by atoms with E-state index >= 15 is 0 Å². The predicted octanol–water partition coefficient (Wildman–Crippen LogP) is 2.32. The van der Waals surface area contributed by atoms with Crippen LogP contribution < -0.4 is 10.1 Å². The molecule has 1 unspecified atom stereocenters. The van der Waals surface area contributed by atoms with Crippen LogP contribution in [0.2, 0.25) is 0 Å². The Morgan fingerprint density at radius 1 is 1.53 bits per heavy atom. The van der Waals surface area contributed by atoms with Crippen molar-refractivity contribution in [1.82, 2.24) is 5.32 Å². The van der Waals surface area contributed by atoms with Gasteiger partial charge in [-0.05, 0) is 18.7 Å². The molecule has 3 nitrogen and oxygen atoms in total. The SMILES string of the molecule is CCNCC(C)COc1cccc(F)c1C#N. The molecule has 17 heavy (non-hydrogen) atoms. The molecule has 0 spiro atoms. The van der Waals surface area contributed by atoms with Crippen molar-refractivity contribution in [3.05, 3.63) is 29.6 Å². The highest BCUT2D eigenvalue weighted by atomic mass is 19.1. The summed E-state index contributed by atoms with van der Waals surface area (Å²) in [5.74, 6) is 0.0879. The van der Waals surface area contributed by atoms with Crippen LogP contribution in [-0.4, -0.2) is 19.7 Å². The molecule has 1 rings (SSSR count). The summed E-state index contributed by atoms with van der Waals surface area (Å²) in [5.41, 5.74) is -0.0249. The van der Waals surface area contributed by atoms with Gasteiger partial charge in [0.15, 0.2) is 0 Å². The van der Waals surface area contributed by atoms with E-state index in [9.17, 15) is 4.39 Å². The largest absolute Gasteiger partial charge is 0.492 e. The summed E-state index contributed by atoms with van der Waals surface area (Å²) < 4.78 is 18.7. The highest BCUT2D eigenvalue weighted by Crippen LogP contribution is 2.20. The van der Waals surface area contributed by atoms with E-state index in [2.05, 4.69) is 5.32 Å². The first-order chi connectivity index (χ1) is 8.19. The first-order valence-corrected chi connectivity index (χ1v) is 5.71. The van der Waals surface area contributed by atoms with Gasteiger partial charge < -0.3 is 10.1 Å². The van der Waals surface area contributed by atoms with Gasteiger partial charge in [-0.25, -0.2) is 4.39 Å². The topological polar surface area (TPSA) is 45.0 Å². The third-order valence-corrected chi connectivity index (χ3v) is 2.35. The third kappa shape index (κ3) is 4.04. The van der Waals surface area contributed by atoms with Crippen LogP contribution in [-0.2, 0) is 0 Å². The molecule has 1 atom stereocenters. The third-order valence-electron chi connectivity index (χ3n) is 2.35. The molecule has 0 aliphatic carbocycles. The zero-order valence-corrected chi connectivity index (χ0v) is 10.2. The highest BCUT2D eigenvalue weighted by Gasteiger charge is 2.10. The Hall–Kier alpha value is -1.60. The van der Waals surface area contributed by atoms with Crippen LogP contribution in [0.3, 0.4) is 0 Å². The van der Waals surface area contributed by atoms with Crippen molar-refractivity contribution in [2.45, 2.75) is 13.8 Å². The lowest BCUT2D eigenvalue weighted by Gasteiger charge is -2.14. The molecule has 1 N–H and O–H groups in total.